The molecule has 204 valence electrons. The van der Waals surface area contributed by atoms with Crippen molar-refractivity contribution >= 4 is 17.8 Å². The highest BCUT2D eigenvalue weighted by atomic mass is 19.4. The van der Waals surface area contributed by atoms with Gasteiger partial charge in [0.25, 0.3) is 0 Å². The summed E-state index contributed by atoms with van der Waals surface area (Å²) in [6.07, 6.45) is -6.27. The summed E-state index contributed by atoms with van der Waals surface area (Å²) in [7, 11) is 0. The molecule has 4 heterocycles. The monoisotopic (exact) mass is 540 g/mol. The number of aliphatic carboxylic acids is 2. The Labute approximate surface area is 205 Å². The van der Waals surface area contributed by atoms with Gasteiger partial charge in [0.2, 0.25) is 5.88 Å². The highest BCUT2D eigenvalue weighted by molar-refractivity contribution is 5.73. The zero-order chi connectivity index (χ0) is 27.8. The number of hydrogen-bond donors (Lipinski definition) is 2. The summed E-state index contributed by atoms with van der Waals surface area (Å²) in [5, 5.41) is 22.8. The number of carboxylic acid groups (broad SMARTS) is 2. The molecule has 2 fully saturated rings. The molecular formula is C21H22F6N4O6. The summed E-state index contributed by atoms with van der Waals surface area (Å²) in [5.41, 5.74) is 0.922. The molecule has 0 radical (unpaired) electrons. The molecule has 37 heavy (non-hydrogen) atoms. The van der Waals surface area contributed by atoms with Crippen molar-refractivity contribution in [2.75, 3.05) is 18.1 Å². The second-order valence-electron chi connectivity index (χ2n) is 7.66. The molecule has 10 nitrogen and oxygen atoms in total. The lowest BCUT2D eigenvalue weighted by Crippen LogP contribution is -2.42. The van der Waals surface area contributed by atoms with Gasteiger partial charge in [-0.1, -0.05) is 6.07 Å². The first-order valence-corrected chi connectivity index (χ1v) is 10.6. The average molecular weight is 540 g/mol. The largest absolute Gasteiger partial charge is 0.490 e. The quantitative estimate of drug-likeness (QED) is 0.559. The number of fused-ring (bicyclic) bond motifs is 1. The van der Waals surface area contributed by atoms with Gasteiger partial charge in [0.1, 0.15) is 12.2 Å². The second kappa shape index (κ2) is 12.5. The molecule has 0 aliphatic carbocycles. The number of carboxylic acids is 2. The van der Waals surface area contributed by atoms with Crippen molar-refractivity contribution in [2.24, 2.45) is 0 Å². The van der Waals surface area contributed by atoms with E-state index in [4.69, 9.17) is 29.3 Å². The van der Waals surface area contributed by atoms with Gasteiger partial charge in [0.15, 0.2) is 5.82 Å². The van der Waals surface area contributed by atoms with Gasteiger partial charge in [-0.3, -0.25) is 0 Å². The van der Waals surface area contributed by atoms with Crippen LogP contribution < -0.4 is 9.64 Å². The fourth-order valence-corrected chi connectivity index (χ4v) is 3.39. The summed E-state index contributed by atoms with van der Waals surface area (Å²) in [6, 6.07) is 10.0. The fourth-order valence-electron chi connectivity index (χ4n) is 3.39. The first kappa shape index (κ1) is 29.5. The lowest BCUT2D eigenvalue weighted by atomic mass is 10.0. The Morgan fingerprint density at radius 2 is 1.65 bits per heavy atom. The maximum absolute atomic E-state index is 10.6. The molecule has 2 N–H and O–H groups in total. The number of nitrogens with zero attached hydrogens (tertiary/aromatic N) is 4. The number of halogens is 6. The predicted molar refractivity (Wildman–Crippen MR) is 113 cm³/mol. The van der Waals surface area contributed by atoms with E-state index in [-0.39, 0.29) is 18.2 Å². The van der Waals surface area contributed by atoms with Crippen molar-refractivity contribution in [1.29, 1.82) is 0 Å². The molecule has 2 aliphatic rings. The molecule has 2 aromatic heterocycles. The van der Waals surface area contributed by atoms with Gasteiger partial charge in [-0.05, 0) is 38.0 Å². The van der Waals surface area contributed by atoms with E-state index in [9.17, 15) is 26.3 Å². The van der Waals surface area contributed by atoms with E-state index in [2.05, 4.69) is 20.1 Å². The van der Waals surface area contributed by atoms with Gasteiger partial charge < -0.3 is 24.6 Å². The number of carbonyl (C=O) groups is 2. The van der Waals surface area contributed by atoms with Gasteiger partial charge in [-0.15, -0.1) is 5.10 Å². The van der Waals surface area contributed by atoms with Crippen LogP contribution in [0.1, 0.15) is 18.5 Å². The van der Waals surface area contributed by atoms with Crippen molar-refractivity contribution in [3.05, 3.63) is 42.2 Å². The Bertz CT molecular complexity index is 999. The summed E-state index contributed by atoms with van der Waals surface area (Å²) in [4.78, 5) is 24.3. The van der Waals surface area contributed by atoms with Gasteiger partial charge in [-0.2, -0.15) is 31.4 Å². The van der Waals surface area contributed by atoms with Crippen molar-refractivity contribution in [3.63, 3.8) is 0 Å². The van der Waals surface area contributed by atoms with Crippen molar-refractivity contribution in [2.45, 2.75) is 50.4 Å². The zero-order valence-corrected chi connectivity index (χ0v) is 19.1. The highest BCUT2D eigenvalue weighted by Crippen LogP contribution is 2.33. The van der Waals surface area contributed by atoms with Crippen molar-refractivity contribution in [3.8, 4) is 5.88 Å². The standard InChI is InChI=1S/C17H20N4O2.2C2HF3O2/c1-12-7-8-15(20-19-12)21-11-14(17-13(21)5-4-10-22-17)23-16-6-2-3-9-18-16;2*3-2(4,5)1(6)7/h2-3,6-9,13-14,17H,4-5,10-11H2,1H3;2*(H,6,7)/t13-,14+,17+;;/m1../s1. The number of anilines is 1. The topological polar surface area (TPSA) is 135 Å². The molecule has 2 aliphatic heterocycles. The number of aromatic nitrogens is 3. The molecule has 16 heteroatoms. The summed E-state index contributed by atoms with van der Waals surface area (Å²) in [6.45, 7) is 3.47. The van der Waals surface area contributed by atoms with Gasteiger partial charge in [0, 0.05) is 18.9 Å². The molecule has 0 unspecified atom stereocenters. The van der Waals surface area contributed by atoms with E-state index in [1.54, 1.807) is 6.20 Å². The van der Waals surface area contributed by atoms with Gasteiger partial charge in [-0.25, -0.2) is 14.6 Å². The van der Waals surface area contributed by atoms with Crippen LogP contribution in [0.2, 0.25) is 0 Å². The van der Waals surface area contributed by atoms with E-state index in [1.807, 2.05) is 37.3 Å². The third-order valence-corrected chi connectivity index (χ3v) is 4.95. The van der Waals surface area contributed by atoms with E-state index < -0.39 is 24.3 Å². The molecule has 0 saturated carbocycles. The van der Waals surface area contributed by atoms with Crippen LogP contribution in [0.3, 0.4) is 0 Å². The normalized spacial score (nSPS) is 20.9. The van der Waals surface area contributed by atoms with Crippen LogP contribution in [-0.2, 0) is 14.3 Å². The van der Waals surface area contributed by atoms with Crippen LogP contribution in [0.15, 0.2) is 36.5 Å². The van der Waals surface area contributed by atoms with Gasteiger partial charge in [0.05, 0.1) is 18.3 Å². The Morgan fingerprint density at radius 3 is 2.14 bits per heavy atom. The molecule has 0 aromatic carbocycles. The van der Waals surface area contributed by atoms with E-state index in [0.29, 0.717) is 5.88 Å². The summed E-state index contributed by atoms with van der Waals surface area (Å²) >= 11 is 0. The smallest absolute Gasteiger partial charge is 0.475 e. The molecule has 0 spiro atoms. The van der Waals surface area contributed by atoms with Crippen LogP contribution in [0, 0.1) is 6.92 Å². The number of alkyl halides is 6. The first-order valence-electron chi connectivity index (χ1n) is 10.6. The second-order valence-corrected chi connectivity index (χ2v) is 7.66. The van der Waals surface area contributed by atoms with Crippen LogP contribution in [0.25, 0.3) is 0 Å². The highest BCUT2D eigenvalue weighted by Gasteiger charge is 2.46. The Balaban J connectivity index is 0.000000286. The molecule has 2 saturated heterocycles. The number of ether oxygens (including phenoxy) is 2. The molecule has 4 rings (SSSR count). The minimum Gasteiger partial charge on any atom is -0.475 e. The third kappa shape index (κ3) is 9.04. The lowest BCUT2D eigenvalue weighted by Gasteiger charge is -2.32. The van der Waals surface area contributed by atoms with E-state index in [1.165, 1.54) is 0 Å². The van der Waals surface area contributed by atoms with Gasteiger partial charge >= 0.3 is 24.3 Å². The van der Waals surface area contributed by atoms with Crippen LogP contribution in [0.5, 0.6) is 5.88 Å². The predicted octanol–water partition coefficient (Wildman–Crippen LogP) is 3.26. The molecule has 3 atom stereocenters. The van der Waals surface area contributed by atoms with E-state index >= 15 is 0 Å². The van der Waals surface area contributed by atoms with Crippen LogP contribution in [0.4, 0.5) is 32.2 Å². The Hall–Kier alpha value is -3.69. The van der Waals surface area contributed by atoms with E-state index in [0.717, 1.165) is 37.5 Å². The molecule has 0 amide bonds. The lowest BCUT2D eigenvalue weighted by molar-refractivity contribution is -0.193. The minimum atomic E-state index is -5.08. The number of pyridine rings is 1. The summed E-state index contributed by atoms with van der Waals surface area (Å²) in [5.74, 6) is -3.98. The van der Waals surface area contributed by atoms with Crippen molar-refractivity contribution in [1.82, 2.24) is 15.2 Å². The fraction of sp³-hybridized carbons (Fsp3) is 0.476. The third-order valence-electron chi connectivity index (χ3n) is 4.95. The maximum Gasteiger partial charge on any atom is 0.490 e. The number of aryl methyl sites for hydroxylation is 1. The minimum absolute atomic E-state index is 0.0432. The van der Waals surface area contributed by atoms with Crippen LogP contribution in [-0.4, -0.2) is 81.1 Å². The number of rotatable bonds is 3. The number of hydrogen-bond acceptors (Lipinski definition) is 8. The SMILES string of the molecule is Cc1ccc(N2C[C@H](Oc3ccccn3)[C@H]3OCCC[C@H]32)nn1.O=C(O)C(F)(F)F.O=C(O)C(F)(F)F. The molecule has 2 aromatic rings. The first-order chi connectivity index (χ1) is 17.2. The van der Waals surface area contributed by atoms with Crippen molar-refractivity contribution < 1.29 is 55.6 Å². The summed E-state index contributed by atoms with van der Waals surface area (Å²) < 4.78 is 75.6. The van der Waals surface area contributed by atoms with Crippen LogP contribution >= 0.6 is 0 Å². The Morgan fingerprint density at radius 1 is 1.03 bits per heavy atom. The maximum atomic E-state index is 10.6. The molecular weight excluding hydrogens is 518 g/mol. The zero-order valence-electron chi connectivity index (χ0n) is 19.1. The Kier molecular flexibility index (Phi) is 9.99. The average Bonchev–Trinajstić information content (AvgIpc) is 3.18. The molecule has 0 bridgehead atoms.